The normalized spacial score (nSPS) is 22.3. The second-order valence-corrected chi connectivity index (χ2v) is 3.83. The number of hydrogen-bond acceptors (Lipinski definition) is 3. The third-order valence-electron chi connectivity index (χ3n) is 2.66. The van der Waals surface area contributed by atoms with E-state index in [-0.39, 0.29) is 0 Å². The van der Waals surface area contributed by atoms with Crippen molar-refractivity contribution in [3.05, 3.63) is 10.4 Å². The maximum Gasteiger partial charge on any atom is 0.0702 e. The Bertz CT molecular complexity index is 213. The van der Waals surface area contributed by atoms with Crippen LogP contribution in [0.4, 0.5) is 0 Å². The summed E-state index contributed by atoms with van der Waals surface area (Å²) in [4.78, 5) is 5.14. The minimum absolute atomic E-state index is 0.406. The zero-order valence-corrected chi connectivity index (χ0v) is 9.43. The maximum absolute atomic E-state index is 8.14. The summed E-state index contributed by atoms with van der Waals surface area (Å²) < 4.78 is 5.62. The van der Waals surface area contributed by atoms with Gasteiger partial charge in [0.25, 0.3) is 0 Å². The molecule has 0 amide bonds. The number of likely N-dealkylation sites (tertiary alicyclic amines) is 1. The van der Waals surface area contributed by atoms with Crippen LogP contribution in [0.5, 0.6) is 0 Å². The smallest absolute Gasteiger partial charge is 0.0702 e. The highest BCUT2D eigenvalue weighted by molar-refractivity contribution is 4.73. The minimum atomic E-state index is 0.406. The highest BCUT2D eigenvalue weighted by Crippen LogP contribution is 2.13. The van der Waals surface area contributed by atoms with Gasteiger partial charge in [0, 0.05) is 24.6 Å². The van der Waals surface area contributed by atoms with Crippen molar-refractivity contribution in [1.29, 1.82) is 0 Å². The van der Waals surface area contributed by atoms with E-state index in [0.29, 0.717) is 12.6 Å². The highest BCUT2D eigenvalue weighted by Gasteiger charge is 2.18. The molecular weight excluding hydrogens is 192 g/mol. The quantitative estimate of drug-likeness (QED) is 0.293. The molecule has 1 rings (SSSR count). The Morgan fingerprint density at radius 1 is 1.60 bits per heavy atom. The van der Waals surface area contributed by atoms with Gasteiger partial charge in [-0.3, -0.25) is 0 Å². The van der Waals surface area contributed by atoms with Crippen molar-refractivity contribution in [2.75, 3.05) is 32.8 Å². The summed E-state index contributed by atoms with van der Waals surface area (Å²) in [6.07, 6.45) is 3.75. The van der Waals surface area contributed by atoms with Gasteiger partial charge in [0.2, 0.25) is 0 Å². The molecule has 0 radical (unpaired) electrons. The van der Waals surface area contributed by atoms with E-state index in [0.717, 1.165) is 32.7 Å². The molecule has 1 heterocycles. The molecule has 5 nitrogen and oxygen atoms in total. The second-order valence-electron chi connectivity index (χ2n) is 3.83. The van der Waals surface area contributed by atoms with Crippen LogP contribution in [0.1, 0.15) is 26.2 Å². The molecule has 86 valence electrons. The van der Waals surface area contributed by atoms with E-state index >= 15 is 0 Å². The monoisotopic (exact) mass is 212 g/mol. The first-order chi connectivity index (χ1) is 7.36. The van der Waals surface area contributed by atoms with Crippen LogP contribution in [-0.2, 0) is 4.74 Å². The fourth-order valence-electron chi connectivity index (χ4n) is 2.00. The number of rotatable bonds is 6. The molecule has 15 heavy (non-hydrogen) atoms. The lowest BCUT2D eigenvalue weighted by Crippen LogP contribution is -2.40. The van der Waals surface area contributed by atoms with Gasteiger partial charge in [0.1, 0.15) is 0 Å². The lowest BCUT2D eigenvalue weighted by Gasteiger charge is -2.32. The zero-order valence-electron chi connectivity index (χ0n) is 9.43. The SMILES string of the molecule is CCOC1CCCN(CCCN=[N+]=[N-])C1. The van der Waals surface area contributed by atoms with Gasteiger partial charge >= 0.3 is 0 Å². The molecule has 1 atom stereocenters. The molecule has 1 aliphatic heterocycles. The van der Waals surface area contributed by atoms with Gasteiger partial charge in [-0.2, -0.15) is 0 Å². The first-order valence-corrected chi connectivity index (χ1v) is 5.71. The molecule has 0 aromatic rings. The molecule has 0 saturated carbocycles. The number of ether oxygens (including phenoxy) is 1. The Balaban J connectivity index is 2.15. The van der Waals surface area contributed by atoms with Crippen molar-refractivity contribution >= 4 is 0 Å². The van der Waals surface area contributed by atoms with E-state index in [9.17, 15) is 0 Å². The molecule has 0 aliphatic carbocycles. The summed E-state index contributed by atoms with van der Waals surface area (Å²) in [5, 5.41) is 3.53. The van der Waals surface area contributed by atoms with Gasteiger partial charge in [0.05, 0.1) is 6.10 Å². The van der Waals surface area contributed by atoms with Gasteiger partial charge in [-0.25, -0.2) is 0 Å². The Morgan fingerprint density at radius 2 is 2.47 bits per heavy atom. The van der Waals surface area contributed by atoms with E-state index in [1.807, 2.05) is 6.92 Å². The molecule has 1 fully saturated rings. The largest absolute Gasteiger partial charge is 0.377 e. The maximum atomic E-state index is 8.14. The lowest BCUT2D eigenvalue weighted by atomic mass is 10.1. The zero-order chi connectivity index (χ0) is 10.9. The highest BCUT2D eigenvalue weighted by atomic mass is 16.5. The van der Waals surface area contributed by atoms with E-state index < -0.39 is 0 Å². The van der Waals surface area contributed by atoms with Gasteiger partial charge in [0.15, 0.2) is 0 Å². The average Bonchev–Trinajstić information content (AvgIpc) is 2.26. The van der Waals surface area contributed by atoms with Crippen molar-refractivity contribution in [3.63, 3.8) is 0 Å². The molecule has 0 N–H and O–H groups in total. The van der Waals surface area contributed by atoms with Crippen molar-refractivity contribution in [2.45, 2.75) is 32.3 Å². The van der Waals surface area contributed by atoms with Gasteiger partial charge < -0.3 is 9.64 Å². The van der Waals surface area contributed by atoms with Gasteiger partial charge in [-0.05, 0) is 44.8 Å². The van der Waals surface area contributed by atoms with Crippen LogP contribution in [0.2, 0.25) is 0 Å². The summed E-state index contributed by atoms with van der Waals surface area (Å²) in [6, 6.07) is 0. The molecule has 1 saturated heterocycles. The van der Waals surface area contributed by atoms with Crippen LogP contribution in [0.25, 0.3) is 10.4 Å². The Labute approximate surface area is 91.0 Å². The predicted molar refractivity (Wildman–Crippen MR) is 59.7 cm³/mol. The fourth-order valence-corrected chi connectivity index (χ4v) is 2.00. The van der Waals surface area contributed by atoms with E-state index in [2.05, 4.69) is 14.9 Å². The van der Waals surface area contributed by atoms with Crippen LogP contribution < -0.4 is 0 Å². The molecule has 0 bridgehead atoms. The summed E-state index contributed by atoms with van der Waals surface area (Å²) in [5.74, 6) is 0. The van der Waals surface area contributed by atoms with Crippen LogP contribution in [0.15, 0.2) is 5.11 Å². The molecule has 0 aromatic heterocycles. The van der Waals surface area contributed by atoms with Gasteiger partial charge in [-0.1, -0.05) is 5.11 Å². The summed E-state index contributed by atoms with van der Waals surface area (Å²) in [7, 11) is 0. The first-order valence-electron chi connectivity index (χ1n) is 5.71. The van der Waals surface area contributed by atoms with E-state index in [4.69, 9.17) is 10.3 Å². The van der Waals surface area contributed by atoms with Crippen LogP contribution in [-0.4, -0.2) is 43.8 Å². The Kier molecular flexibility index (Phi) is 6.16. The van der Waals surface area contributed by atoms with Gasteiger partial charge in [-0.15, -0.1) is 0 Å². The second kappa shape index (κ2) is 7.51. The van der Waals surface area contributed by atoms with Crippen molar-refractivity contribution in [3.8, 4) is 0 Å². The molecule has 0 spiro atoms. The summed E-state index contributed by atoms with van der Waals surface area (Å²) in [6.45, 7) is 6.65. The minimum Gasteiger partial charge on any atom is -0.377 e. The first kappa shape index (κ1) is 12.3. The summed E-state index contributed by atoms with van der Waals surface area (Å²) in [5.41, 5.74) is 8.14. The standard InChI is InChI=1S/C10H20N4O/c1-2-15-10-5-3-7-14(9-10)8-4-6-12-13-11/h10H,2-9H2,1H3. The van der Waals surface area contributed by atoms with E-state index in [1.54, 1.807) is 0 Å². The molecule has 5 heteroatoms. The van der Waals surface area contributed by atoms with Crippen molar-refractivity contribution in [2.24, 2.45) is 5.11 Å². The average molecular weight is 212 g/mol. The Morgan fingerprint density at radius 3 is 3.20 bits per heavy atom. The predicted octanol–water partition coefficient (Wildman–Crippen LogP) is 2.19. The van der Waals surface area contributed by atoms with Crippen molar-refractivity contribution in [1.82, 2.24) is 4.90 Å². The number of azide groups is 1. The van der Waals surface area contributed by atoms with Crippen LogP contribution in [0, 0.1) is 0 Å². The summed E-state index contributed by atoms with van der Waals surface area (Å²) >= 11 is 0. The molecular formula is C10H20N4O. The lowest BCUT2D eigenvalue weighted by molar-refractivity contribution is 0.00591. The third kappa shape index (κ3) is 5.02. The Hall–Kier alpha value is -0.770. The third-order valence-corrected chi connectivity index (χ3v) is 2.66. The topological polar surface area (TPSA) is 61.2 Å². The van der Waals surface area contributed by atoms with Crippen LogP contribution in [0.3, 0.4) is 0 Å². The van der Waals surface area contributed by atoms with Crippen molar-refractivity contribution < 1.29 is 4.74 Å². The molecule has 1 unspecified atom stereocenters. The molecule has 0 aromatic carbocycles. The fraction of sp³-hybridized carbons (Fsp3) is 1.00. The van der Waals surface area contributed by atoms with E-state index in [1.165, 1.54) is 12.8 Å². The molecule has 1 aliphatic rings. The number of hydrogen-bond donors (Lipinski definition) is 0. The van der Waals surface area contributed by atoms with Crippen LogP contribution >= 0.6 is 0 Å². The number of nitrogens with zero attached hydrogens (tertiary/aromatic N) is 4. The number of piperidine rings is 1.